The first kappa shape index (κ1) is 30.5. The van der Waals surface area contributed by atoms with E-state index in [2.05, 4.69) is 5.32 Å². The lowest BCUT2D eigenvalue weighted by molar-refractivity contribution is -0.139. The molecule has 0 radical (unpaired) electrons. The first-order valence-electron chi connectivity index (χ1n) is 11.6. The van der Waals surface area contributed by atoms with Crippen molar-refractivity contribution in [3.05, 3.63) is 52.0 Å². The van der Waals surface area contributed by atoms with E-state index in [1.54, 1.807) is 31.2 Å². The summed E-state index contributed by atoms with van der Waals surface area (Å²) in [6, 6.07) is 8.46. The van der Waals surface area contributed by atoms with Gasteiger partial charge >= 0.3 is 0 Å². The fourth-order valence-electron chi connectivity index (χ4n) is 3.55. The molecule has 2 aromatic carbocycles. The molecule has 0 fully saturated rings. The molecule has 0 spiro atoms. The summed E-state index contributed by atoms with van der Waals surface area (Å²) in [4.78, 5) is 27.8. The van der Waals surface area contributed by atoms with Crippen LogP contribution >= 0.6 is 23.2 Å². The maximum Gasteiger partial charge on any atom is 0.244 e. The quantitative estimate of drug-likeness (QED) is 0.361. The standard InChI is InChI=1S/C25H33Cl2N3O6S/c1-6-7-12-28-25(32)17(2)29(15-18-8-9-19(26)13-21(18)27)24(31)16-30(37(5,33)34)20-10-11-22(35-3)23(14-20)36-4/h8-11,13-14,17H,6-7,12,15-16H2,1-5H3,(H,28,32)/t17-/m0/s1. The Labute approximate surface area is 228 Å². The number of anilines is 1. The van der Waals surface area contributed by atoms with Gasteiger partial charge in [0.2, 0.25) is 21.8 Å². The molecule has 2 rings (SSSR count). The van der Waals surface area contributed by atoms with Crippen LogP contribution in [0, 0.1) is 0 Å². The Morgan fingerprint density at radius 1 is 1.05 bits per heavy atom. The van der Waals surface area contributed by atoms with Gasteiger partial charge in [-0.1, -0.05) is 42.6 Å². The Balaban J connectivity index is 2.44. The summed E-state index contributed by atoms with van der Waals surface area (Å²) in [5.41, 5.74) is 0.766. The predicted molar refractivity (Wildman–Crippen MR) is 146 cm³/mol. The van der Waals surface area contributed by atoms with Gasteiger partial charge in [-0.3, -0.25) is 13.9 Å². The van der Waals surface area contributed by atoms with Crippen LogP contribution < -0.4 is 19.1 Å². The number of rotatable bonds is 13. The SMILES string of the molecule is CCCCNC(=O)[C@H](C)N(Cc1ccc(Cl)cc1Cl)C(=O)CN(c1ccc(OC)c(OC)c1)S(C)(=O)=O. The number of hydrogen-bond donors (Lipinski definition) is 1. The lowest BCUT2D eigenvalue weighted by atomic mass is 10.1. The number of benzene rings is 2. The van der Waals surface area contributed by atoms with E-state index in [-0.39, 0.29) is 18.1 Å². The maximum atomic E-state index is 13.6. The lowest BCUT2D eigenvalue weighted by Crippen LogP contribution is -2.51. The van der Waals surface area contributed by atoms with Crippen LogP contribution in [0.15, 0.2) is 36.4 Å². The molecule has 204 valence electrons. The molecule has 0 saturated heterocycles. The minimum absolute atomic E-state index is 0.0270. The first-order chi connectivity index (χ1) is 17.4. The van der Waals surface area contributed by atoms with Gasteiger partial charge in [0.15, 0.2) is 11.5 Å². The van der Waals surface area contributed by atoms with Crippen LogP contribution in [-0.4, -0.2) is 64.7 Å². The third kappa shape index (κ3) is 8.41. The van der Waals surface area contributed by atoms with Crippen LogP contribution in [0.5, 0.6) is 11.5 Å². The molecule has 9 nitrogen and oxygen atoms in total. The number of nitrogens with one attached hydrogen (secondary N) is 1. The average Bonchev–Trinajstić information content (AvgIpc) is 2.85. The van der Waals surface area contributed by atoms with E-state index < -0.39 is 28.5 Å². The highest BCUT2D eigenvalue weighted by atomic mass is 35.5. The summed E-state index contributed by atoms with van der Waals surface area (Å²) >= 11 is 12.4. The highest BCUT2D eigenvalue weighted by Gasteiger charge is 2.30. The number of nitrogens with zero attached hydrogens (tertiary/aromatic N) is 2. The second-order valence-corrected chi connectivity index (χ2v) is 11.1. The van der Waals surface area contributed by atoms with Crippen molar-refractivity contribution < 1.29 is 27.5 Å². The van der Waals surface area contributed by atoms with Crippen molar-refractivity contribution in [1.82, 2.24) is 10.2 Å². The molecule has 1 N–H and O–H groups in total. The van der Waals surface area contributed by atoms with Crippen molar-refractivity contribution in [3.8, 4) is 11.5 Å². The number of hydrogen-bond acceptors (Lipinski definition) is 6. The Morgan fingerprint density at radius 2 is 1.73 bits per heavy atom. The van der Waals surface area contributed by atoms with E-state index in [9.17, 15) is 18.0 Å². The molecule has 12 heteroatoms. The molecule has 37 heavy (non-hydrogen) atoms. The zero-order chi connectivity index (χ0) is 27.8. The largest absolute Gasteiger partial charge is 0.493 e. The number of carbonyl (C=O) groups is 2. The van der Waals surface area contributed by atoms with Crippen LogP contribution in [0.4, 0.5) is 5.69 Å². The third-order valence-corrected chi connectivity index (χ3v) is 7.41. The van der Waals surface area contributed by atoms with Crippen LogP contribution in [-0.2, 0) is 26.2 Å². The molecule has 2 aromatic rings. The number of methoxy groups -OCH3 is 2. The zero-order valence-corrected chi connectivity index (χ0v) is 23.9. The van der Waals surface area contributed by atoms with Crippen LogP contribution in [0.3, 0.4) is 0 Å². The number of halogens is 2. The fourth-order valence-corrected chi connectivity index (χ4v) is 4.86. The molecule has 0 saturated carbocycles. The second kappa shape index (κ2) is 13.7. The highest BCUT2D eigenvalue weighted by Crippen LogP contribution is 2.32. The molecular weight excluding hydrogens is 541 g/mol. The number of ether oxygens (including phenoxy) is 2. The summed E-state index contributed by atoms with van der Waals surface area (Å²) < 4.78 is 36.9. The summed E-state index contributed by atoms with van der Waals surface area (Å²) in [6.07, 6.45) is 2.68. The minimum atomic E-state index is -3.90. The minimum Gasteiger partial charge on any atom is -0.493 e. The number of carbonyl (C=O) groups excluding carboxylic acids is 2. The van der Waals surface area contributed by atoms with Crippen molar-refractivity contribution >= 4 is 50.7 Å². The Kier molecular flexibility index (Phi) is 11.3. The summed E-state index contributed by atoms with van der Waals surface area (Å²) in [5, 5.41) is 3.57. The molecule has 0 aliphatic rings. The summed E-state index contributed by atoms with van der Waals surface area (Å²) in [6.45, 7) is 3.48. The van der Waals surface area contributed by atoms with Crippen LogP contribution in [0.2, 0.25) is 10.0 Å². The molecule has 0 heterocycles. The van der Waals surface area contributed by atoms with E-state index in [1.165, 1.54) is 31.3 Å². The predicted octanol–water partition coefficient (Wildman–Crippen LogP) is 4.11. The Hall–Kier alpha value is -2.69. The van der Waals surface area contributed by atoms with E-state index >= 15 is 0 Å². The van der Waals surface area contributed by atoms with Gasteiger partial charge in [0.1, 0.15) is 12.6 Å². The van der Waals surface area contributed by atoms with E-state index in [4.69, 9.17) is 32.7 Å². The topological polar surface area (TPSA) is 105 Å². The van der Waals surface area contributed by atoms with Crippen molar-refractivity contribution in [2.24, 2.45) is 0 Å². The van der Waals surface area contributed by atoms with E-state index in [1.807, 2.05) is 6.92 Å². The molecule has 0 unspecified atom stereocenters. The lowest BCUT2D eigenvalue weighted by Gasteiger charge is -2.31. The van der Waals surface area contributed by atoms with Crippen molar-refractivity contribution in [2.75, 3.05) is 37.9 Å². The average molecular weight is 575 g/mol. The second-order valence-electron chi connectivity index (χ2n) is 8.39. The fraction of sp³-hybridized carbons (Fsp3) is 0.440. The highest BCUT2D eigenvalue weighted by molar-refractivity contribution is 7.92. The summed E-state index contributed by atoms with van der Waals surface area (Å²) in [5.74, 6) is -0.245. The van der Waals surface area contributed by atoms with Crippen molar-refractivity contribution in [2.45, 2.75) is 39.3 Å². The van der Waals surface area contributed by atoms with Crippen molar-refractivity contribution in [3.63, 3.8) is 0 Å². The molecule has 1 atom stereocenters. The number of amides is 2. The normalized spacial score (nSPS) is 12.0. The molecule has 0 aliphatic carbocycles. The van der Waals surface area contributed by atoms with Crippen LogP contribution in [0.1, 0.15) is 32.3 Å². The monoisotopic (exact) mass is 573 g/mol. The maximum absolute atomic E-state index is 13.6. The van der Waals surface area contributed by atoms with Gasteiger partial charge in [0.05, 0.1) is 26.2 Å². The summed E-state index contributed by atoms with van der Waals surface area (Å²) in [7, 11) is -1.01. The van der Waals surface area contributed by atoms with Crippen molar-refractivity contribution in [1.29, 1.82) is 0 Å². The van der Waals surface area contributed by atoms with Gasteiger partial charge in [0.25, 0.3) is 0 Å². The van der Waals surface area contributed by atoms with E-state index in [0.29, 0.717) is 33.7 Å². The smallest absolute Gasteiger partial charge is 0.244 e. The van der Waals surface area contributed by atoms with Gasteiger partial charge in [-0.05, 0) is 43.2 Å². The zero-order valence-electron chi connectivity index (χ0n) is 21.6. The molecular formula is C25H33Cl2N3O6S. The van der Waals surface area contributed by atoms with Gasteiger partial charge in [-0.25, -0.2) is 8.42 Å². The van der Waals surface area contributed by atoms with Crippen LogP contribution in [0.25, 0.3) is 0 Å². The molecule has 0 aliphatic heterocycles. The molecule has 0 bridgehead atoms. The Morgan fingerprint density at radius 3 is 2.30 bits per heavy atom. The van der Waals surface area contributed by atoms with E-state index in [0.717, 1.165) is 23.4 Å². The number of unbranched alkanes of at least 4 members (excludes halogenated alkanes) is 1. The molecule has 0 aromatic heterocycles. The van der Waals surface area contributed by atoms with Gasteiger partial charge in [-0.15, -0.1) is 0 Å². The third-order valence-electron chi connectivity index (χ3n) is 5.69. The number of sulfonamides is 1. The molecule has 2 amide bonds. The van der Waals surface area contributed by atoms with Gasteiger partial charge < -0.3 is 19.7 Å². The first-order valence-corrected chi connectivity index (χ1v) is 14.2. The Bertz CT molecular complexity index is 1210. The van der Waals surface area contributed by atoms with Gasteiger partial charge in [-0.2, -0.15) is 0 Å². The van der Waals surface area contributed by atoms with Gasteiger partial charge in [0, 0.05) is 29.2 Å².